The predicted octanol–water partition coefficient (Wildman–Crippen LogP) is 2.43. The third-order valence-corrected chi connectivity index (χ3v) is 4.15. The molecule has 7 nitrogen and oxygen atoms in total. The van der Waals surface area contributed by atoms with Crippen molar-refractivity contribution in [1.82, 2.24) is 15.5 Å². The summed E-state index contributed by atoms with van der Waals surface area (Å²) in [4.78, 5) is 17.3. The van der Waals surface area contributed by atoms with Crippen molar-refractivity contribution in [3.63, 3.8) is 0 Å². The Morgan fingerprint density at radius 3 is 2.53 bits per heavy atom. The Morgan fingerprint density at radius 1 is 1.13 bits per heavy atom. The van der Waals surface area contributed by atoms with Gasteiger partial charge in [0, 0.05) is 27.7 Å². The number of amides is 1. The number of ether oxygens (including phenoxy) is 2. The van der Waals surface area contributed by atoms with Gasteiger partial charge in [-0.25, -0.2) is 4.39 Å². The first-order valence-corrected chi connectivity index (χ1v) is 9.66. The van der Waals surface area contributed by atoms with Crippen LogP contribution in [0.25, 0.3) is 0 Å². The molecule has 0 saturated carbocycles. The van der Waals surface area contributed by atoms with Crippen LogP contribution in [-0.2, 0) is 11.3 Å². The average molecular weight is 416 g/mol. The first-order chi connectivity index (χ1) is 14.4. The molecular weight excluding hydrogens is 387 g/mol. The number of nitrogens with one attached hydrogen (secondary N) is 2. The molecule has 162 valence electrons. The molecule has 0 aromatic heterocycles. The molecule has 2 aromatic rings. The molecule has 30 heavy (non-hydrogen) atoms. The van der Waals surface area contributed by atoms with E-state index in [0.29, 0.717) is 30.5 Å². The summed E-state index contributed by atoms with van der Waals surface area (Å²) >= 11 is 0. The Labute approximate surface area is 176 Å². The summed E-state index contributed by atoms with van der Waals surface area (Å²) in [6.45, 7) is 2.97. The van der Waals surface area contributed by atoms with Gasteiger partial charge in [-0.3, -0.25) is 9.79 Å². The zero-order chi connectivity index (χ0) is 21.9. The van der Waals surface area contributed by atoms with Gasteiger partial charge in [0.2, 0.25) is 0 Å². The van der Waals surface area contributed by atoms with E-state index < -0.39 is 0 Å². The molecule has 0 aliphatic rings. The van der Waals surface area contributed by atoms with Crippen LogP contribution in [0.2, 0.25) is 0 Å². The first-order valence-electron chi connectivity index (χ1n) is 9.66. The minimum Gasteiger partial charge on any atom is -0.489 e. The summed E-state index contributed by atoms with van der Waals surface area (Å²) in [5, 5.41) is 6.42. The number of halogens is 1. The highest BCUT2D eigenvalue weighted by Crippen LogP contribution is 2.14. The van der Waals surface area contributed by atoms with Gasteiger partial charge in [-0.15, -0.1) is 0 Å². The van der Waals surface area contributed by atoms with Crippen LogP contribution in [0.5, 0.6) is 11.5 Å². The number of aliphatic imine (C=N–C) groups is 1. The third-order valence-electron chi connectivity index (χ3n) is 4.15. The minimum absolute atomic E-state index is 0.000943. The Morgan fingerprint density at radius 2 is 1.87 bits per heavy atom. The highest BCUT2D eigenvalue weighted by atomic mass is 19.1. The zero-order valence-electron chi connectivity index (χ0n) is 17.8. The summed E-state index contributed by atoms with van der Waals surface area (Å²) < 4.78 is 24.3. The molecule has 0 saturated heterocycles. The number of hydrogen-bond acceptors (Lipinski definition) is 4. The van der Waals surface area contributed by atoms with Crippen LogP contribution in [0.15, 0.2) is 53.5 Å². The number of nitrogens with zero attached hydrogens (tertiary/aromatic N) is 2. The van der Waals surface area contributed by atoms with Crippen molar-refractivity contribution < 1.29 is 18.7 Å². The fourth-order valence-corrected chi connectivity index (χ4v) is 2.45. The highest BCUT2D eigenvalue weighted by molar-refractivity contribution is 5.79. The quantitative estimate of drug-likeness (QED) is 0.485. The lowest BCUT2D eigenvalue weighted by Gasteiger charge is -2.18. The van der Waals surface area contributed by atoms with E-state index in [-0.39, 0.29) is 24.4 Å². The van der Waals surface area contributed by atoms with Crippen molar-refractivity contribution in [3.05, 3.63) is 59.9 Å². The second-order valence-electron chi connectivity index (χ2n) is 6.91. The number of guanidine groups is 1. The van der Waals surface area contributed by atoms with Crippen LogP contribution in [0, 0.1) is 5.82 Å². The van der Waals surface area contributed by atoms with Gasteiger partial charge in [0.05, 0.1) is 6.54 Å². The Bertz CT molecular complexity index is 841. The van der Waals surface area contributed by atoms with E-state index in [4.69, 9.17) is 9.47 Å². The molecule has 0 radical (unpaired) electrons. The summed E-state index contributed by atoms with van der Waals surface area (Å²) in [5.41, 5.74) is 0.989. The van der Waals surface area contributed by atoms with Gasteiger partial charge in [0.25, 0.3) is 5.91 Å². The number of hydrogen-bond donors (Lipinski definition) is 2. The van der Waals surface area contributed by atoms with E-state index in [1.807, 2.05) is 31.2 Å². The van der Waals surface area contributed by atoms with E-state index in [1.165, 1.54) is 17.0 Å². The maximum atomic E-state index is 13.0. The van der Waals surface area contributed by atoms with Crippen molar-refractivity contribution in [2.75, 3.05) is 34.3 Å². The van der Waals surface area contributed by atoms with Crippen molar-refractivity contribution in [3.8, 4) is 11.5 Å². The van der Waals surface area contributed by atoms with Gasteiger partial charge in [0.1, 0.15) is 23.4 Å². The van der Waals surface area contributed by atoms with Gasteiger partial charge >= 0.3 is 0 Å². The van der Waals surface area contributed by atoms with E-state index in [0.717, 1.165) is 5.56 Å². The lowest BCUT2D eigenvalue weighted by Crippen LogP contribution is -2.41. The minimum atomic E-state index is -0.295. The smallest absolute Gasteiger partial charge is 0.259 e. The molecule has 0 aliphatic carbocycles. The molecule has 2 rings (SSSR count). The number of carbonyl (C=O) groups excluding carboxylic acids is 1. The maximum absolute atomic E-state index is 13.0. The molecule has 0 fully saturated rings. The van der Waals surface area contributed by atoms with Crippen LogP contribution in [0.1, 0.15) is 12.5 Å². The van der Waals surface area contributed by atoms with Crippen molar-refractivity contribution >= 4 is 11.9 Å². The van der Waals surface area contributed by atoms with Gasteiger partial charge in [-0.05, 0) is 48.9 Å². The van der Waals surface area contributed by atoms with Crippen LogP contribution in [0.3, 0.4) is 0 Å². The molecule has 1 amide bonds. The maximum Gasteiger partial charge on any atom is 0.259 e. The second-order valence-corrected chi connectivity index (χ2v) is 6.91. The zero-order valence-corrected chi connectivity index (χ0v) is 17.8. The fourth-order valence-electron chi connectivity index (χ4n) is 2.45. The number of likely N-dealkylation sites (N-methyl/N-ethyl adjacent to an activating group) is 1. The third kappa shape index (κ3) is 7.98. The lowest BCUT2D eigenvalue weighted by molar-refractivity contribution is -0.130. The van der Waals surface area contributed by atoms with Crippen molar-refractivity contribution in [2.45, 2.75) is 19.6 Å². The fraction of sp³-hybridized carbons (Fsp3) is 0.364. The number of benzene rings is 2. The monoisotopic (exact) mass is 416 g/mol. The Balaban J connectivity index is 1.78. The standard InChI is InChI=1S/C22H29FN4O3/c1-16(30-19-10-8-18(23)9-11-19)13-25-22(24-2)26-14-17-6-5-7-20(12-17)29-15-21(28)27(3)4/h5-12,16H,13-15H2,1-4H3,(H2,24,25,26). The molecule has 0 heterocycles. The lowest BCUT2D eigenvalue weighted by atomic mass is 10.2. The average Bonchev–Trinajstić information content (AvgIpc) is 2.74. The van der Waals surface area contributed by atoms with E-state index in [1.54, 1.807) is 33.3 Å². The largest absolute Gasteiger partial charge is 0.489 e. The van der Waals surface area contributed by atoms with Gasteiger partial charge in [-0.2, -0.15) is 0 Å². The molecule has 2 N–H and O–H groups in total. The van der Waals surface area contributed by atoms with Gasteiger partial charge in [-0.1, -0.05) is 12.1 Å². The van der Waals surface area contributed by atoms with Gasteiger partial charge in [0.15, 0.2) is 12.6 Å². The van der Waals surface area contributed by atoms with E-state index in [9.17, 15) is 9.18 Å². The Hall–Kier alpha value is -3.29. The van der Waals surface area contributed by atoms with E-state index >= 15 is 0 Å². The second kappa shape index (κ2) is 11.6. The van der Waals surface area contributed by atoms with Crippen LogP contribution in [0.4, 0.5) is 4.39 Å². The molecule has 0 bridgehead atoms. The number of carbonyl (C=O) groups is 1. The first kappa shape index (κ1) is 23.0. The molecule has 1 unspecified atom stereocenters. The van der Waals surface area contributed by atoms with Crippen molar-refractivity contribution in [2.24, 2.45) is 4.99 Å². The van der Waals surface area contributed by atoms with Gasteiger partial charge < -0.3 is 25.0 Å². The molecule has 8 heteroatoms. The summed E-state index contributed by atoms with van der Waals surface area (Å²) in [7, 11) is 5.07. The topological polar surface area (TPSA) is 75.2 Å². The SMILES string of the molecule is CN=C(NCc1cccc(OCC(=O)N(C)C)c1)NCC(C)Oc1ccc(F)cc1. The summed E-state index contributed by atoms with van der Waals surface area (Å²) in [6.07, 6.45) is -0.139. The summed E-state index contributed by atoms with van der Waals surface area (Å²) in [5.74, 6) is 1.47. The van der Waals surface area contributed by atoms with Crippen LogP contribution < -0.4 is 20.1 Å². The normalized spacial score (nSPS) is 12.1. The molecule has 0 aliphatic heterocycles. The number of rotatable bonds is 9. The van der Waals surface area contributed by atoms with Crippen molar-refractivity contribution in [1.29, 1.82) is 0 Å². The molecule has 1 atom stereocenters. The summed E-state index contributed by atoms with van der Waals surface area (Å²) in [6, 6.07) is 13.5. The predicted molar refractivity (Wildman–Crippen MR) is 115 cm³/mol. The molecule has 0 spiro atoms. The molecular formula is C22H29FN4O3. The van der Waals surface area contributed by atoms with E-state index in [2.05, 4.69) is 15.6 Å². The highest BCUT2D eigenvalue weighted by Gasteiger charge is 2.08. The van der Waals surface area contributed by atoms with Crippen LogP contribution >= 0.6 is 0 Å². The Kier molecular flexibility index (Phi) is 8.93. The molecule has 2 aromatic carbocycles. The van der Waals surface area contributed by atoms with Crippen LogP contribution in [-0.4, -0.2) is 57.2 Å².